The molecule has 2 atom stereocenters. The Balaban J connectivity index is 1.85. The summed E-state index contributed by atoms with van der Waals surface area (Å²) in [5, 5.41) is 10.5. The van der Waals surface area contributed by atoms with Gasteiger partial charge in [0.05, 0.1) is 10.9 Å². The highest BCUT2D eigenvalue weighted by Crippen LogP contribution is 2.42. The third-order valence-corrected chi connectivity index (χ3v) is 6.85. The van der Waals surface area contributed by atoms with Crippen LogP contribution < -0.4 is 5.14 Å². The van der Waals surface area contributed by atoms with Crippen molar-refractivity contribution in [3.63, 3.8) is 0 Å². The van der Waals surface area contributed by atoms with Gasteiger partial charge in [0.15, 0.2) is 0 Å². The highest BCUT2D eigenvalue weighted by Gasteiger charge is 2.47. The number of amides is 1. The Morgan fingerprint density at radius 3 is 1.97 bits per heavy atom. The summed E-state index contributed by atoms with van der Waals surface area (Å²) in [6, 6.07) is 13.0. The SMILES string of the molecule is CC(c1cc(F)cc(F)c1)N1N=CCC(c2ccc(F)cc2)(c2ccc(S(N)(=O)=O)cc2)C1=O. The molecule has 3 aromatic rings. The number of sulfonamides is 1. The van der Waals surface area contributed by atoms with Crippen molar-refractivity contribution in [3.05, 3.63) is 101 Å². The fourth-order valence-electron chi connectivity index (χ4n) is 4.15. The zero-order valence-electron chi connectivity index (χ0n) is 18.0. The second-order valence-corrected chi connectivity index (χ2v) is 9.57. The van der Waals surface area contributed by atoms with Gasteiger partial charge in [0.1, 0.15) is 22.9 Å². The number of nitrogens with two attached hydrogens (primary N) is 1. The van der Waals surface area contributed by atoms with E-state index in [1.54, 1.807) is 6.92 Å². The Morgan fingerprint density at radius 2 is 1.44 bits per heavy atom. The quantitative estimate of drug-likeness (QED) is 0.589. The highest BCUT2D eigenvalue weighted by molar-refractivity contribution is 7.89. The first-order valence-electron chi connectivity index (χ1n) is 10.2. The highest BCUT2D eigenvalue weighted by atomic mass is 32.2. The summed E-state index contributed by atoms with van der Waals surface area (Å²) in [4.78, 5) is 13.9. The van der Waals surface area contributed by atoms with Crippen LogP contribution in [0.3, 0.4) is 0 Å². The lowest BCUT2D eigenvalue weighted by Gasteiger charge is -2.40. The lowest BCUT2D eigenvalue weighted by molar-refractivity contribution is -0.139. The van der Waals surface area contributed by atoms with E-state index in [0.717, 1.165) is 23.2 Å². The maximum absolute atomic E-state index is 14.0. The van der Waals surface area contributed by atoms with Crippen LogP contribution in [0.4, 0.5) is 13.2 Å². The molecule has 3 aromatic carbocycles. The van der Waals surface area contributed by atoms with E-state index in [1.807, 2.05) is 0 Å². The van der Waals surface area contributed by atoms with Gasteiger partial charge in [0.2, 0.25) is 10.0 Å². The third kappa shape index (κ3) is 4.22. The average Bonchev–Trinajstić information content (AvgIpc) is 2.78. The molecule has 0 aliphatic carbocycles. The standard InChI is InChI=1S/C24H20F3N3O3S/c1-15(16-12-20(26)14-21(27)13-16)30-23(31)24(10-11-29-30,17-2-6-19(25)7-3-17)18-4-8-22(9-5-18)34(28,32)33/h2-9,11-15H,10H2,1H3,(H2,28,32,33). The van der Waals surface area contributed by atoms with Gasteiger partial charge in [-0.15, -0.1) is 0 Å². The molecule has 2 unspecified atom stereocenters. The van der Waals surface area contributed by atoms with Crippen LogP contribution in [0, 0.1) is 17.5 Å². The number of carbonyl (C=O) groups is 1. The molecule has 1 amide bonds. The van der Waals surface area contributed by atoms with Crippen molar-refractivity contribution in [1.29, 1.82) is 0 Å². The number of rotatable bonds is 5. The van der Waals surface area contributed by atoms with E-state index >= 15 is 0 Å². The summed E-state index contributed by atoms with van der Waals surface area (Å²) in [5.41, 5.74) is -0.337. The van der Waals surface area contributed by atoms with E-state index in [2.05, 4.69) is 5.10 Å². The molecular formula is C24H20F3N3O3S. The molecule has 1 heterocycles. The first-order valence-corrected chi connectivity index (χ1v) is 11.8. The van der Waals surface area contributed by atoms with Crippen molar-refractivity contribution in [3.8, 4) is 0 Å². The van der Waals surface area contributed by atoms with Crippen molar-refractivity contribution in [2.45, 2.75) is 29.7 Å². The maximum atomic E-state index is 14.0. The molecule has 34 heavy (non-hydrogen) atoms. The first kappa shape index (κ1) is 23.7. The van der Waals surface area contributed by atoms with Crippen LogP contribution in [0.25, 0.3) is 0 Å². The van der Waals surface area contributed by atoms with Crippen LogP contribution in [0.15, 0.2) is 76.7 Å². The lowest BCUT2D eigenvalue weighted by Crippen LogP contribution is -2.49. The number of benzene rings is 3. The molecule has 0 bridgehead atoms. The average molecular weight is 488 g/mol. The zero-order valence-corrected chi connectivity index (χ0v) is 18.8. The molecule has 10 heteroatoms. The lowest BCUT2D eigenvalue weighted by atomic mass is 9.70. The summed E-state index contributed by atoms with van der Waals surface area (Å²) in [6.45, 7) is 1.58. The summed E-state index contributed by atoms with van der Waals surface area (Å²) in [6.07, 6.45) is 1.58. The fraction of sp³-hybridized carbons (Fsp3) is 0.167. The second kappa shape index (κ2) is 8.69. The van der Waals surface area contributed by atoms with Gasteiger partial charge in [0.25, 0.3) is 5.91 Å². The predicted molar refractivity (Wildman–Crippen MR) is 120 cm³/mol. The zero-order chi connectivity index (χ0) is 24.7. The minimum absolute atomic E-state index is 0.0902. The summed E-state index contributed by atoms with van der Waals surface area (Å²) in [5.74, 6) is -2.61. The fourth-order valence-corrected chi connectivity index (χ4v) is 4.66. The number of halogens is 3. The molecule has 4 rings (SSSR count). The Bertz CT molecular complexity index is 1360. The van der Waals surface area contributed by atoms with Crippen molar-refractivity contribution < 1.29 is 26.4 Å². The third-order valence-electron chi connectivity index (χ3n) is 5.92. The Morgan fingerprint density at radius 1 is 0.912 bits per heavy atom. The van der Waals surface area contributed by atoms with E-state index in [1.165, 1.54) is 54.7 Å². The van der Waals surface area contributed by atoms with Gasteiger partial charge in [-0.2, -0.15) is 5.10 Å². The van der Waals surface area contributed by atoms with Crippen molar-refractivity contribution in [1.82, 2.24) is 5.01 Å². The Kier molecular flexibility index (Phi) is 6.05. The van der Waals surface area contributed by atoms with E-state index in [4.69, 9.17) is 5.14 Å². The van der Waals surface area contributed by atoms with Crippen LogP contribution in [-0.4, -0.2) is 25.5 Å². The van der Waals surface area contributed by atoms with Crippen LogP contribution in [0.2, 0.25) is 0 Å². The van der Waals surface area contributed by atoms with Gasteiger partial charge in [-0.05, 0) is 60.0 Å². The van der Waals surface area contributed by atoms with Crippen molar-refractivity contribution >= 4 is 22.1 Å². The molecule has 0 aromatic heterocycles. The summed E-state index contributed by atoms with van der Waals surface area (Å²) < 4.78 is 64.8. The molecule has 176 valence electrons. The Labute approximate surface area is 194 Å². The minimum Gasteiger partial charge on any atom is -0.271 e. The van der Waals surface area contributed by atoms with E-state index in [0.29, 0.717) is 11.1 Å². The van der Waals surface area contributed by atoms with Gasteiger partial charge in [-0.1, -0.05) is 24.3 Å². The monoisotopic (exact) mass is 487 g/mol. The molecule has 0 spiro atoms. The summed E-state index contributed by atoms with van der Waals surface area (Å²) >= 11 is 0. The Hall–Kier alpha value is -3.50. The predicted octanol–water partition coefficient (Wildman–Crippen LogP) is 4.02. The molecule has 6 nitrogen and oxygen atoms in total. The topological polar surface area (TPSA) is 92.8 Å². The molecule has 0 saturated heterocycles. The van der Waals surface area contributed by atoms with E-state index in [9.17, 15) is 26.4 Å². The number of hydrogen-bond acceptors (Lipinski definition) is 4. The van der Waals surface area contributed by atoms with Crippen LogP contribution in [0.5, 0.6) is 0 Å². The number of hydrazone groups is 1. The number of carbonyl (C=O) groups excluding carboxylic acids is 1. The van der Waals surface area contributed by atoms with Gasteiger partial charge >= 0.3 is 0 Å². The van der Waals surface area contributed by atoms with E-state index < -0.39 is 44.8 Å². The van der Waals surface area contributed by atoms with Gasteiger partial charge in [0, 0.05) is 18.7 Å². The normalized spacial score (nSPS) is 19.3. The number of primary sulfonamides is 1. The molecular weight excluding hydrogens is 467 g/mol. The molecule has 0 radical (unpaired) electrons. The smallest absolute Gasteiger partial charge is 0.258 e. The van der Waals surface area contributed by atoms with Crippen LogP contribution in [-0.2, 0) is 20.2 Å². The molecule has 0 fully saturated rings. The summed E-state index contributed by atoms with van der Waals surface area (Å²) in [7, 11) is -3.96. The molecule has 1 aliphatic heterocycles. The largest absolute Gasteiger partial charge is 0.271 e. The van der Waals surface area contributed by atoms with Gasteiger partial charge in [-0.25, -0.2) is 31.7 Å². The van der Waals surface area contributed by atoms with Crippen molar-refractivity contribution in [2.75, 3.05) is 0 Å². The number of nitrogens with zero attached hydrogens (tertiary/aromatic N) is 2. The van der Waals surface area contributed by atoms with Crippen LogP contribution >= 0.6 is 0 Å². The van der Waals surface area contributed by atoms with Gasteiger partial charge in [-0.3, -0.25) is 4.79 Å². The molecule has 0 saturated carbocycles. The second-order valence-electron chi connectivity index (χ2n) is 8.01. The molecule has 2 N–H and O–H groups in total. The first-order chi connectivity index (χ1) is 16.0. The maximum Gasteiger partial charge on any atom is 0.258 e. The minimum atomic E-state index is -3.96. The van der Waals surface area contributed by atoms with E-state index in [-0.39, 0.29) is 16.9 Å². The van der Waals surface area contributed by atoms with Crippen molar-refractivity contribution in [2.24, 2.45) is 10.2 Å². The number of hydrogen-bond donors (Lipinski definition) is 1. The van der Waals surface area contributed by atoms with Gasteiger partial charge < -0.3 is 0 Å². The van der Waals surface area contributed by atoms with Crippen LogP contribution in [0.1, 0.15) is 36.1 Å². The molecule has 1 aliphatic rings.